The molecule has 0 spiro atoms. The lowest BCUT2D eigenvalue weighted by atomic mass is 9.96. The average molecular weight is 623 g/mol. The molecule has 0 aliphatic carbocycles. The summed E-state index contributed by atoms with van der Waals surface area (Å²) in [6.07, 6.45) is 3.73. The number of ether oxygens (including phenoxy) is 2. The fourth-order valence-corrected chi connectivity index (χ4v) is 5.96. The highest BCUT2D eigenvalue weighted by molar-refractivity contribution is 14.1. The number of aromatic hydroxyl groups is 1. The number of aromatic nitrogens is 1. The Labute approximate surface area is 224 Å². The minimum absolute atomic E-state index is 0.0510. The molecule has 0 amide bonds. The average Bonchev–Trinajstić information content (AvgIpc) is 3.14. The van der Waals surface area contributed by atoms with Crippen LogP contribution in [0.1, 0.15) is 31.0 Å². The number of phenolic OH excluding ortho intramolecular Hbond substituents is 1. The van der Waals surface area contributed by atoms with Crippen molar-refractivity contribution in [3.05, 3.63) is 82.1 Å². The van der Waals surface area contributed by atoms with E-state index in [4.69, 9.17) is 9.47 Å². The van der Waals surface area contributed by atoms with Gasteiger partial charge in [-0.1, -0.05) is 23.5 Å². The molecule has 35 heavy (non-hydrogen) atoms. The van der Waals surface area contributed by atoms with Crippen LogP contribution in [0.25, 0.3) is 6.08 Å². The van der Waals surface area contributed by atoms with Crippen molar-refractivity contribution >= 4 is 57.7 Å². The molecule has 1 aromatic heterocycles. The molecule has 0 unspecified atom stereocenters. The van der Waals surface area contributed by atoms with E-state index in [0.29, 0.717) is 35.5 Å². The molecule has 1 atom stereocenters. The minimum Gasteiger partial charge on any atom is -0.504 e. The van der Waals surface area contributed by atoms with E-state index in [0.717, 1.165) is 10.5 Å². The van der Waals surface area contributed by atoms with Crippen molar-refractivity contribution < 1.29 is 19.4 Å². The lowest BCUT2D eigenvalue weighted by Crippen LogP contribution is -2.39. The molecule has 0 bridgehead atoms. The maximum Gasteiger partial charge on any atom is 0.338 e. The second-order valence-electron chi connectivity index (χ2n) is 7.63. The number of halogens is 1. The van der Waals surface area contributed by atoms with Gasteiger partial charge in [-0.3, -0.25) is 9.36 Å². The number of hydrogen-bond acceptors (Lipinski definition) is 8. The van der Waals surface area contributed by atoms with E-state index in [1.807, 2.05) is 53.1 Å². The Bertz CT molecular complexity index is 1510. The molecule has 0 saturated carbocycles. The number of nitrogens with zero attached hydrogens (tertiary/aromatic N) is 2. The number of rotatable bonds is 6. The first kappa shape index (κ1) is 25.5. The second kappa shape index (κ2) is 10.6. The molecule has 4 rings (SSSR count). The third-order valence-corrected chi connectivity index (χ3v) is 8.07. The van der Waals surface area contributed by atoms with Crippen LogP contribution in [0.5, 0.6) is 11.5 Å². The standard InChI is InChI=1S/C25H23IN2O5S2/c1-5-33-24(31)20-13(2)27-25-28(21(20)15-6-8-16(34-4)9-7-15)23(30)19(35-25)12-14-10-17(26)22(29)18(11-14)32-3/h6-12,21,29H,5H2,1-4H3/b19-12-/t21-/m1/s1. The molecule has 0 radical (unpaired) electrons. The Balaban J connectivity index is 1.94. The Morgan fingerprint density at radius 2 is 2.03 bits per heavy atom. The summed E-state index contributed by atoms with van der Waals surface area (Å²) in [5, 5.41) is 10.2. The molecular weight excluding hydrogens is 599 g/mol. The first-order valence-electron chi connectivity index (χ1n) is 10.7. The van der Waals surface area contributed by atoms with Crippen molar-refractivity contribution in [3.8, 4) is 11.5 Å². The molecule has 2 aromatic carbocycles. The lowest BCUT2D eigenvalue weighted by molar-refractivity contribution is -0.139. The van der Waals surface area contributed by atoms with Crippen LogP contribution in [0.4, 0.5) is 0 Å². The van der Waals surface area contributed by atoms with Gasteiger partial charge >= 0.3 is 5.97 Å². The van der Waals surface area contributed by atoms with Gasteiger partial charge in [0, 0.05) is 4.90 Å². The number of thioether (sulfide) groups is 1. The van der Waals surface area contributed by atoms with Crippen LogP contribution in [0.3, 0.4) is 0 Å². The van der Waals surface area contributed by atoms with Crippen LogP contribution in [0.2, 0.25) is 0 Å². The molecular formula is C25H23IN2O5S2. The number of allylic oxidation sites excluding steroid dienone is 1. The number of esters is 1. The molecule has 1 aliphatic rings. The van der Waals surface area contributed by atoms with Gasteiger partial charge in [-0.05, 0) is 84.2 Å². The number of phenols is 1. The number of thiazole rings is 1. The van der Waals surface area contributed by atoms with Gasteiger partial charge in [-0.25, -0.2) is 9.79 Å². The molecule has 2 heterocycles. The van der Waals surface area contributed by atoms with Crippen molar-refractivity contribution in [2.75, 3.05) is 20.0 Å². The van der Waals surface area contributed by atoms with Crippen LogP contribution < -0.4 is 19.6 Å². The van der Waals surface area contributed by atoms with Crippen LogP contribution >= 0.6 is 45.7 Å². The highest BCUT2D eigenvalue weighted by atomic mass is 127. The first-order valence-corrected chi connectivity index (χ1v) is 13.8. The Morgan fingerprint density at radius 3 is 2.66 bits per heavy atom. The number of fused-ring (bicyclic) bond motifs is 1. The number of methoxy groups -OCH3 is 1. The zero-order chi connectivity index (χ0) is 25.3. The zero-order valence-corrected chi connectivity index (χ0v) is 23.3. The summed E-state index contributed by atoms with van der Waals surface area (Å²) in [6.45, 7) is 3.73. The normalized spacial score (nSPS) is 15.6. The zero-order valence-electron chi connectivity index (χ0n) is 19.5. The fraction of sp³-hybridized carbons (Fsp3) is 0.240. The van der Waals surface area contributed by atoms with E-state index in [9.17, 15) is 14.7 Å². The summed E-state index contributed by atoms with van der Waals surface area (Å²) in [7, 11) is 1.48. The van der Waals surface area contributed by atoms with Crippen LogP contribution in [-0.2, 0) is 9.53 Å². The van der Waals surface area contributed by atoms with Crippen molar-refractivity contribution in [2.24, 2.45) is 4.99 Å². The Kier molecular flexibility index (Phi) is 7.72. The van der Waals surface area contributed by atoms with Gasteiger partial charge in [0.15, 0.2) is 16.3 Å². The second-order valence-corrected chi connectivity index (χ2v) is 10.7. The molecule has 0 fully saturated rings. The van der Waals surface area contributed by atoms with Crippen LogP contribution in [0.15, 0.2) is 62.4 Å². The molecule has 0 saturated heterocycles. The summed E-state index contributed by atoms with van der Waals surface area (Å²) in [6, 6.07) is 10.6. The molecule has 7 nitrogen and oxygen atoms in total. The smallest absolute Gasteiger partial charge is 0.338 e. The van der Waals surface area contributed by atoms with E-state index in [2.05, 4.69) is 4.99 Å². The maximum absolute atomic E-state index is 13.7. The van der Waals surface area contributed by atoms with E-state index in [1.165, 1.54) is 18.4 Å². The Morgan fingerprint density at radius 1 is 1.31 bits per heavy atom. The van der Waals surface area contributed by atoms with E-state index >= 15 is 0 Å². The van der Waals surface area contributed by atoms with Gasteiger partial charge < -0.3 is 14.6 Å². The summed E-state index contributed by atoms with van der Waals surface area (Å²) >= 11 is 4.88. The molecule has 182 valence electrons. The van der Waals surface area contributed by atoms with E-state index in [-0.39, 0.29) is 17.9 Å². The maximum atomic E-state index is 13.7. The number of hydrogen-bond donors (Lipinski definition) is 1. The number of benzene rings is 2. The predicted octanol–water partition coefficient (Wildman–Crippen LogP) is 3.84. The van der Waals surface area contributed by atoms with Crippen LogP contribution in [0, 0.1) is 3.57 Å². The monoisotopic (exact) mass is 622 g/mol. The minimum atomic E-state index is -0.655. The molecule has 1 N–H and O–H groups in total. The van der Waals surface area contributed by atoms with Gasteiger partial charge in [-0.2, -0.15) is 0 Å². The van der Waals surface area contributed by atoms with Crippen molar-refractivity contribution in [2.45, 2.75) is 24.8 Å². The highest BCUT2D eigenvalue weighted by Crippen LogP contribution is 2.33. The number of carbonyl (C=O) groups excluding carboxylic acids is 1. The van der Waals surface area contributed by atoms with Gasteiger partial charge in [0.2, 0.25) is 0 Å². The van der Waals surface area contributed by atoms with Crippen molar-refractivity contribution in [1.82, 2.24) is 4.57 Å². The molecule has 10 heteroatoms. The number of carbonyl (C=O) groups is 1. The summed E-state index contributed by atoms with van der Waals surface area (Å²) < 4.78 is 13.2. The quantitative estimate of drug-likeness (QED) is 0.256. The summed E-state index contributed by atoms with van der Waals surface area (Å²) in [4.78, 5) is 32.8. The van der Waals surface area contributed by atoms with Gasteiger partial charge in [0.1, 0.15) is 0 Å². The largest absolute Gasteiger partial charge is 0.504 e. The van der Waals surface area contributed by atoms with Gasteiger partial charge in [-0.15, -0.1) is 11.8 Å². The lowest BCUT2D eigenvalue weighted by Gasteiger charge is -2.24. The van der Waals surface area contributed by atoms with Crippen LogP contribution in [-0.4, -0.2) is 35.6 Å². The van der Waals surface area contributed by atoms with E-state index < -0.39 is 12.0 Å². The molecule has 3 aromatic rings. The first-order chi connectivity index (χ1) is 16.8. The third-order valence-electron chi connectivity index (χ3n) is 5.52. The predicted molar refractivity (Wildman–Crippen MR) is 146 cm³/mol. The third kappa shape index (κ3) is 4.91. The summed E-state index contributed by atoms with van der Waals surface area (Å²) in [5.74, 6) is -0.113. The Hall–Kier alpha value is -2.57. The molecule has 1 aliphatic heterocycles. The van der Waals surface area contributed by atoms with Crippen molar-refractivity contribution in [1.29, 1.82) is 0 Å². The van der Waals surface area contributed by atoms with Crippen molar-refractivity contribution in [3.63, 3.8) is 0 Å². The summed E-state index contributed by atoms with van der Waals surface area (Å²) in [5.41, 5.74) is 2.12. The fourth-order valence-electron chi connectivity index (χ4n) is 3.88. The van der Waals surface area contributed by atoms with Gasteiger partial charge in [0.05, 0.1) is 39.1 Å². The topological polar surface area (TPSA) is 90.1 Å². The van der Waals surface area contributed by atoms with E-state index in [1.54, 1.807) is 48.4 Å². The van der Waals surface area contributed by atoms with Gasteiger partial charge in [0.25, 0.3) is 5.56 Å². The SMILES string of the molecule is CCOC(=O)C1=C(C)N=c2s/c(=C\c3cc(I)c(O)c(OC)c3)c(=O)n2[C@@H]1c1ccc(SC)cc1. The highest BCUT2D eigenvalue weighted by Gasteiger charge is 2.33.